The van der Waals surface area contributed by atoms with Crippen molar-refractivity contribution in [2.24, 2.45) is 0 Å². The fourth-order valence-electron chi connectivity index (χ4n) is 1.71. The molecule has 0 radical (unpaired) electrons. The Hall–Kier alpha value is -1.12. The predicted molar refractivity (Wildman–Crippen MR) is 57.5 cm³/mol. The van der Waals surface area contributed by atoms with Gasteiger partial charge in [0.15, 0.2) is 0 Å². The zero-order valence-electron chi connectivity index (χ0n) is 8.88. The maximum atomic E-state index is 4.52. The van der Waals surface area contributed by atoms with E-state index in [9.17, 15) is 0 Å². The molecule has 3 heteroatoms. The normalized spacial score (nSPS) is 16.4. The lowest BCUT2D eigenvalue weighted by atomic mass is 9.85. The zero-order chi connectivity index (χ0) is 9.97. The number of nitrogens with one attached hydrogen (secondary N) is 1. The minimum absolute atomic E-state index is 0.618. The first-order valence-corrected chi connectivity index (χ1v) is 5.39. The highest BCUT2D eigenvalue weighted by molar-refractivity contribution is 5.36. The Morgan fingerprint density at radius 1 is 1.43 bits per heavy atom. The third-order valence-electron chi connectivity index (χ3n) is 2.70. The third kappa shape index (κ3) is 1.86. The zero-order valence-corrected chi connectivity index (χ0v) is 8.88. The highest BCUT2D eigenvalue weighted by atomic mass is 15.0. The summed E-state index contributed by atoms with van der Waals surface area (Å²) < 4.78 is 0. The second kappa shape index (κ2) is 3.95. The molecule has 1 aromatic rings. The van der Waals surface area contributed by atoms with Crippen LogP contribution >= 0.6 is 0 Å². The van der Waals surface area contributed by atoms with Gasteiger partial charge in [0, 0.05) is 24.2 Å². The first kappa shape index (κ1) is 9.44. The largest absolute Gasteiger partial charge is 0.370 e. The molecule has 0 bridgehead atoms. The van der Waals surface area contributed by atoms with Crippen molar-refractivity contribution in [3.8, 4) is 0 Å². The van der Waals surface area contributed by atoms with E-state index < -0.39 is 0 Å². The van der Waals surface area contributed by atoms with E-state index in [0.717, 1.165) is 23.9 Å². The number of nitrogens with zero attached hydrogens (tertiary/aromatic N) is 2. The summed E-state index contributed by atoms with van der Waals surface area (Å²) in [6, 6.07) is 2.01. The molecule has 0 aliphatic heterocycles. The number of aryl methyl sites for hydroxylation is 1. The molecular formula is C11H17N3. The van der Waals surface area contributed by atoms with Crippen molar-refractivity contribution in [2.75, 3.05) is 11.9 Å². The quantitative estimate of drug-likeness (QED) is 0.797. The molecule has 14 heavy (non-hydrogen) atoms. The minimum atomic E-state index is 0.618. The van der Waals surface area contributed by atoms with Crippen LogP contribution in [0.2, 0.25) is 0 Å². The highest BCUT2D eigenvalue weighted by Gasteiger charge is 2.22. The van der Waals surface area contributed by atoms with Gasteiger partial charge in [0.25, 0.3) is 0 Å². The van der Waals surface area contributed by atoms with E-state index in [1.54, 1.807) is 0 Å². The molecule has 1 N–H and O–H groups in total. The standard InChI is InChI=1S/C11H17N3/c1-3-12-10-7-8(2)13-11(14-10)9-5-4-6-9/h7,9H,3-6H2,1-2H3,(H,12,13,14). The monoisotopic (exact) mass is 191 g/mol. The molecule has 0 amide bonds. The van der Waals surface area contributed by atoms with E-state index in [1.807, 2.05) is 13.0 Å². The highest BCUT2D eigenvalue weighted by Crippen LogP contribution is 2.34. The molecule has 1 aromatic heterocycles. The lowest BCUT2D eigenvalue weighted by molar-refractivity contribution is 0.401. The van der Waals surface area contributed by atoms with Gasteiger partial charge in [0.1, 0.15) is 11.6 Å². The topological polar surface area (TPSA) is 37.8 Å². The average molecular weight is 191 g/mol. The van der Waals surface area contributed by atoms with E-state index in [-0.39, 0.29) is 0 Å². The van der Waals surface area contributed by atoms with Gasteiger partial charge in [-0.3, -0.25) is 0 Å². The van der Waals surface area contributed by atoms with Crippen molar-refractivity contribution < 1.29 is 0 Å². The second-order valence-corrected chi connectivity index (χ2v) is 3.91. The van der Waals surface area contributed by atoms with E-state index in [1.165, 1.54) is 19.3 Å². The Balaban J connectivity index is 2.21. The van der Waals surface area contributed by atoms with Gasteiger partial charge in [-0.05, 0) is 26.7 Å². The van der Waals surface area contributed by atoms with Crippen LogP contribution in [-0.4, -0.2) is 16.5 Å². The Morgan fingerprint density at radius 2 is 2.21 bits per heavy atom. The molecule has 1 saturated carbocycles. The molecule has 0 spiro atoms. The molecule has 0 unspecified atom stereocenters. The summed E-state index contributed by atoms with van der Waals surface area (Å²) in [4.78, 5) is 9.01. The van der Waals surface area contributed by atoms with Gasteiger partial charge >= 0.3 is 0 Å². The van der Waals surface area contributed by atoms with Crippen LogP contribution in [0.1, 0.15) is 43.6 Å². The Kier molecular flexibility index (Phi) is 2.66. The summed E-state index contributed by atoms with van der Waals surface area (Å²) in [6.45, 7) is 5.03. The summed E-state index contributed by atoms with van der Waals surface area (Å²) in [7, 11) is 0. The van der Waals surface area contributed by atoms with Crippen molar-refractivity contribution in [1.29, 1.82) is 0 Å². The van der Waals surface area contributed by atoms with Crippen molar-refractivity contribution in [2.45, 2.75) is 39.0 Å². The van der Waals surface area contributed by atoms with Gasteiger partial charge in [-0.25, -0.2) is 9.97 Å². The van der Waals surface area contributed by atoms with E-state index >= 15 is 0 Å². The van der Waals surface area contributed by atoms with Crippen molar-refractivity contribution in [3.63, 3.8) is 0 Å². The lowest BCUT2D eigenvalue weighted by Gasteiger charge is -2.24. The van der Waals surface area contributed by atoms with Crippen molar-refractivity contribution >= 4 is 5.82 Å². The molecule has 1 aliphatic rings. The van der Waals surface area contributed by atoms with E-state index in [0.29, 0.717) is 5.92 Å². The van der Waals surface area contributed by atoms with Crippen molar-refractivity contribution in [3.05, 3.63) is 17.6 Å². The summed E-state index contributed by atoms with van der Waals surface area (Å²) >= 11 is 0. The Bertz CT molecular complexity index is 318. The molecule has 0 atom stereocenters. The van der Waals surface area contributed by atoms with Gasteiger partial charge in [-0.1, -0.05) is 6.42 Å². The van der Waals surface area contributed by atoms with Gasteiger partial charge in [0.2, 0.25) is 0 Å². The van der Waals surface area contributed by atoms with Gasteiger partial charge in [0.05, 0.1) is 0 Å². The second-order valence-electron chi connectivity index (χ2n) is 3.91. The maximum Gasteiger partial charge on any atom is 0.134 e. The summed E-state index contributed by atoms with van der Waals surface area (Å²) in [6.07, 6.45) is 3.85. The summed E-state index contributed by atoms with van der Waals surface area (Å²) in [5.41, 5.74) is 1.07. The van der Waals surface area contributed by atoms with Crippen LogP contribution in [0.3, 0.4) is 0 Å². The minimum Gasteiger partial charge on any atom is -0.370 e. The van der Waals surface area contributed by atoms with Gasteiger partial charge in [-0.2, -0.15) is 0 Å². The fraction of sp³-hybridized carbons (Fsp3) is 0.636. The Morgan fingerprint density at radius 3 is 2.79 bits per heavy atom. The van der Waals surface area contributed by atoms with E-state index in [4.69, 9.17) is 0 Å². The summed E-state index contributed by atoms with van der Waals surface area (Å²) in [5.74, 6) is 2.63. The van der Waals surface area contributed by atoms with Crippen LogP contribution in [0.5, 0.6) is 0 Å². The average Bonchev–Trinajstić information content (AvgIpc) is 1.99. The molecule has 1 heterocycles. The molecule has 3 nitrogen and oxygen atoms in total. The van der Waals surface area contributed by atoms with Crippen molar-refractivity contribution in [1.82, 2.24) is 9.97 Å². The van der Waals surface area contributed by atoms with Crippen LogP contribution in [0, 0.1) is 6.92 Å². The van der Waals surface area contributed by atoms with Gasteiger partial charge in [-0.15, -0.1) is 0 Å². The number of aromatic nitrogens is 2. The molecule has 0 saturated heterocycles. The lowest BCUT2D eigenvalue weighted by Crippen LogP contribution is -2.14. The summed E-state index contributed by atoms with van der Waals surface area (Å²) in [5, 5.41) is 3.24. The SMILES string of the molecule is CCNc1cc(C)nc(C2CCC2)n1. The molecule has 76 valence electrons. The fourth-order valence-corrected chi connectivity index (χ4v) is 1.71. The number of rotatable bonds is 3. The maximum absolute atomic E-state index is 4.52. The Labute approximate surface area is 85.0 Å². The molecule has 0 aromatic carbocycles. The number of hydrogen-bond donors (Lipinski definition) is 1. The van der Waals surface area contributed by atoms with Gasteiger partial charge < -0.3 is 5.32 Å². The third-order valence-corrected chi connectivity index (χ3v) is 2.70. The molecule has 1 aliphatic carbocycles. The molecule has 2 rings (SSSR count). The van der Waals surface area contributed by atoms with Crippen LogP contribution in [0.4, 0.5) is 5.82 Å². The number of anilines is 1. The first-order chi connectivity index (χ1) is 6.79. The first-order valence-electron chi connectivity index (χ1n) is 5.39. The van der Waals surface area contributed by atoms with Crippen LogP contribution in [-0.2, 0) is 0 Å². The van der Waals surface area contributed by atoms with Crippen LogP contribution in [0.25, 0.3) is 0 Å². The molecule has 1 fully saturated rings. The predicted octanol–water partition coefficient (Wildman–Crippen LogP) is 2.48. The molecular weight excluding hydrogens is 174 g/mol. The van der Waals surface area contributed by atoms with Crippen LogP contribution < -0.4 is 5.32 Å². The van der Waals surface area contributed by atoms with E-state index in [2.05, 4.69) is 22.2 Å². The van der Waals surface area contributed by atoms with Crippen LogP contribution in [0.15, 0.2) is 6.07 Å². The smallest absolute Gasteiger partial charge is 0.134 e. The number of hydrogen-bond acceptors (Lipinski definition) is 3.